The van der Waals surface area contributed by atoms with Crippen molar-refractivity contribution >= 4 is 0 Å². The third-order valence-electron chi connectivity index (χ3n) is 2.76. The number of ether oxygens (including phenoxy) is 1. The lowest BCUT2D eigenvalue weighted by atomic mass is 10.0. The van der Waals surface area contributed by atoms with Crippen LogP contribution in [0.15, 0.2) is 36.9 Å². The summed E-state index contributed by atoms with van der Waals surface area (Å²) in [6, 6.07) is 6.93. The first kappa shape index (κ1) is 14.9. The van der Waals surface area contributed by atoms with E-state index >= 15 is 0 Å². The summed E-state index contributed by atoms with van der Waals surface area (Å²) in [5, 5.41) is 3.37. The highest BCUT2D eigenvalue weighted by molar-refractivity contribution is 5.19. The van der Waals surface area contributed by atoms with Crippen LogP contribution in [0.5, 0.6) is 0 Å². The fourth-order valence-corrected chi connectivity index (χ4v) is 1.80. The fourth-order valence-electron chi connectivity index (χ4n) is 1.80. The predicted octanol–water partition coefficient (Wildman–Crippen LogP) is 3.46. The first-order valence-electron chi connectivity index (χ1n) is 6.45. The van der Waals surface area contributed by atoms with Crippen molar-refractivity contribution in [2.45, 2.75) is 25.8 Å². The monoisotopic (exact) mass is 251 g/mol. The molecule has 1 unspecified atom stereocenters. The molecule has 0 heterocycles. The quantitative estimate of drug-likeness (QED) is 0.536. The van der Waals surface area contributed by atoms with Crippen LogP contribution >= 0.6 is 0 Å². The van der Waals surface area contributed by atoms with Gasteiger partial charge in [0.1, 0.15) is 5.82 Å². The molecule has 0 saturated carbocycles. The summed E-state index contributed by atoms with van der Waals surface area (Å²) in [5.74, 6) is -0.185. The van der Waals surface area contributed by atoms with Crippen LogP contribution in [0.1, 0.15) is 31.4 Å². The first-order chi connectivity index (χ1) is 8.77. The molecule has 3 heteroatoms. The molecule has 1 rings (SSSR count). The lowest BCUT2D eigenvalue weighted by molar-refractivity contribution is 0.138. The van der Waals surface area contributed by atoms with E-state index in [9.17, 15) is 4.39 Å². The summed E-state index contributed by atoms with van der Waals surface area (Å²) >= 11 is 0. The van der Waals surface area contributed by atoms with Crippen molar-refractivity contribution in [1.29, 1.82) is 0 Å². The zero-order valence-corrected chi connectivity index (χ0v) is 11.0. The van der Waals surface area contributed by atoms with Gasteiger partial charge in [-0.25, -0.2) is 4.39 Å². The maximum absolute atomic E-state index is 13.1. The molecule has 0 aliphatic rings. The molecule has 0 amide bonds. The average Bonchev–Trinajstić information content (AvgIpc) is 2.38. The van der Waals surface area contributed by atoms with E-state index < -0.39 is 0 Å². The summed E-state index contributed by atoms with van der Waals surface area (Å²) in [4.78, 5) is 0. The topological polar surface area (TPSA) is 21.3 Å². The minimum atomic E-state index is -0.185. The number of halogens is 1. The normalized spacial score (nSPS) is 12.3. The van der Waals surface area contributed by atoms with Gasteiger partial charge in [0.25, 0.3) is 0 Å². The Balaban J connectivity index is 2.31. The molecule has 0 radical (unpaired) electrons. The van der Waals surface area contributed by atoms with Crippen LogP contribution in [0.4, 0.5) is 4.39 Å². The Labute approximate surface area is 109 Å². The summed E-state index contributed by atoms with van der Waals surface area (Å²) in [7, 11) is 0. The van der Waals surface area contributed by atoms with E-state index in [1.54, 1.807) is 12.1 Å². The maximum Gasteiger partial charge on any atom is 0.123 e. The Bertz CT molecular complexity index is 354. The minimum absolute atomic E-state index is 0.184. The minimum Gasteiger partial charge on any atom is -0.380 e. The van der Waals surface area contributed by atoms with Crippen LogP contribution in [-0.2, 0) is 4.74 Å². The predicted molar refractivity (Wildman–Crippen MR) is 73.1 cm³/mol. The zero-order chi connectivity index (χ0) is 13.2. The summed E-state index contributed by atoms with van der Waals surface area (Å²) in [5.41, 5.74) is 0.989. The summed E-state index contributed by atoms with van der Waals surface area (Å²) in [6.07, 6.45) is 3.65. The van der Waals surface area contributed by atoms with E-state index in [4.69, 9.17) is 4.74 Å². The number of benzene rings is 1. The summed E-state index contributed by atoms with van der Waals surface area (Å²) < 4.78 is 18.6. The van der Waals surface area contributed by atoms with Gasteiger partial charge in [-0.05, 0) is 30.5 Å². The second-order valence-electron chi connectivity index (χ2n) is 4.16. The molecule has 0 aromatic heterocycles. The van der Waals surface area contributed by atoms with Crippen LogP contribution in [0.3, 0.4) is 0 Å². The van der Waals surface area contributed by atoms with Gasteiger partial charge in [-0.2, -0.15) is 0 Å². The van der Waals surface area contributed by atoms with E-state index in [0.717, 1.165) is 24.9 Å². The molecular weight excluding hydrogens is 229 g/mol. The highest BCUT2D eigenvalue weighted by Crippen LogP contribution is 2.16. The number of hydrogen-bond acceptors (Lipinski definition) is 2. The highest BCUT2D eigenvalue weighted by atomic mass is 19.1. The highest BCUT2D eigenvalue weighted by Gasteiger charge is 2.08. The van der Waals surface area contributed by atoms with Crippen molar-refractivity contribution in [3.8, 4) is 0 Å². The Morgan fingerprint density at radius 1 is 1.44 bits per heavy atom. The Hall–Kier alpha value is -1.19. The van der Waals surface area contributed by atoms with E-state index in [1.807, 2.05) is 12.1 Å². The average molecular weight is 251 g/mol. The molecule has 0 spiro atoms. The van der Waals surface area contributed by atoms with Crippen molar-refractivity contribution in [3.05, 3.63) is 48.3 Å². The van der Waals surface area contributed by atoms with Gasteiger partial charge in [-0.1, -0.05) is 25.1 Å². The van der Waals surface area contributed by atoms with Crippen molar-refractivity contribution in [1.82, 2.24) is 5.32 Å². The van der Waals surface area contributed by atoms with Gasteiger partial charge in [0.15, 0.2) is 0 Å². The standard InChI is InChI=1S/C15H22FNO/c1-3-5-10-18-11-9-17-15(4-2)13-7-6-8-14(16)12-13/h3,6-8,12,15,17H,1,4-5,9-11H2,2H3. The Morgan fingerprint density at radius 3 is 2.94 bits per heavy atom. The van der Waals surface area contributed by atoms with Gasteiger partial charge < -0.3 is 10.1 Å². The van der Waals surface area contributed by atoms with Gasteiger partial charge in [-0.15, -0.1) is 6.58 Å². The van der Waals surface area contributed by atoms with Gasteiger partial charge in [0.2, 0.25) is 0 Å². The molecule has 0 saturated heterocycles. The molecule has 2 nitrogen and oxygen atoms in total. The lowest BCUT2D eigenvalue weighted by Crippen LogP contribution is -2.25. The van der Waals surface area contributed by atoms with Crippen molar-refractivity contribution < 1.29 is 9.13 Å². The molecule has 0 bridgehead atoms. The number of nitrogens with one attached hydrogen (secondary N) is 1. The van der Waals surface area contributed by atoms with Gasteiger partial charge in [0, 0.05) is 12.6 Å². The smallest absolute Gasteiger partial charge is 0.123 e. The number of hydrogen-bond donors (Lipinski definition) is 1. The Morgan fingerprint density at radius 2 is 2.28 bits per heavy atom. The first-order valence-corrected chi connectivity index (χ1v) is 6.45. The second kappa shape index (κ2) is 8.84. The van der Waals surface area contributed by atoms with Crippen LogP contribution in [0.25, 0.3) is 0 Å². The van der Waals surface area contributed by atoms with Crippen LogP contribution in [0, 0.1) is 5.82 Å². The number of rotatable bonds is 9. The van der Waals surface area contributed by atoms with Crippen molar-refractivity contribution in [3.63, 3.8) is 0 Å². The largest absolute Gasteiger partial charge is 0.380 e. The van der Waals surface area contributed by atoms with Crippen molar-refractivity contribution in [2.75, 3.05) is 19.8 Å². The molecule has 0 aliphatic carbocycles. The molecule has 0 fully saturated rings. The third kappa shape index (κ3) is 5.43. The zero-order valence-electron chi connectivity index (χ0n) is 11.0. The second-order valence-corrected chi connectivity index (χ2v) is 4.16. The third-order valence-corrected chi connectivity index (χ3v) is 2.76. The molecule has 1 aromatic carbocycles. The van der Waals surface area contributed by atoms with Crippen LogP contribution in [-0.4, -0.2) is 19.8 Å². The van der Waals surface area contributed by atoms with Crippen molar-refractivity contribution in [2.24, 2.45) is 0 Å². The van der Waals surface area contributed by atoms with E-state index in [0.29, 0.717) is 13.2 Å². The van der Waals surface area contributed by atoms with E-state index in [-0.39, 0.29) is 11.9 Å². The fraction of sp³-hybridized carbons (Fsp3) is 0.467. The molecule has 1 N–H and O–H groups in total. The molecular formula is C15H22FNO. The van der Waals surface area contributed by atoms with Gasteiger partial charge >= 0.3 is 0 Å². The van der Waals surface area contributed by atoms with E-state index in [1.165, 1.54) is 6.07 Å². The van der Waals surface area contributed by atoms with Gasteiger partial charge in [-0.3, -0.25) is 0 Å². The SMILES string of the molecule is C=CCCOCCNC(CC)c1cccc(F)c1. The molecule has 1 aromatic rings. The molecule has 100 valence electrons. The van der Waals surface area contributed by atoms with Gasteiger partial charge in [0.05, 0.1) is 13.2 Å². The molecule has 1 atom stereocenters. The van der Waals surface area contributed by atoms with Crippen LogP contribution < -0.4 is 5.32 Å². The molecule has 18 heavy (non-hydrogen) atoms. The van der Waals surface area contributed by atoms with E-state index in [2.05, 4.69) is 18.8 Å². The maximum atomic E-state index is 13.1. The lowest BCUT2D eigenvalue weighted by Gasteiger charge is -2.17. The Kier molecular flexibility index (Phi) is 7.30. The molecule has 0 aliphatic heterocycles. The van der Waals surface area contributed by atoms with Crippen LogP contribution in [0.2, 0.25) is 0 Å². The summed E-state index contributed by atoms with van der Waals surface area (Å²) in [6.45, 7) is 7.87.